The minimum absolute atomic E-state index is 0.00979. The van der Waals surface area contributed by atoms with Crippen molar-refractivity contribution in [3.8, 4) is 0 Å². The van der Waals surface area contributed by atoms with Gasteiger partial charge in [-0.25, -0.2) is 4.39 Å². The van der Waals surface area contributed by atoms with Crippen LogP contribution < -0.4 is 0 Å². The summed E-state index contributed by atoms with van der Waals surface area (Å²) in [5.74, 6) is 1.89. The van der Waals surface area contributed by atoms with Crippen molar-refractivity contribution in [1.29, 1.82) is 0 Å². The molecule has 0 heterocycles. The lowest BCUT2D eigenvalue weighted by molar-refractivity contribution is -0.0962. The molecule has 0 spiro atoms. The molecule has 0 aliphatic heterocycles. The number of aliphatic hydroxyl groups is 1. The Labute approximate surface area is 204 Å². The average Bonchev–Trinajstić information content (AvgIpc) is 3.00. The monoisotopic (exact) mass is 460 g/mol. The Hall–Kier alpha value is -0.370. The molecular formula is C31H53FO. The van der Waals surface area contributed by atoms with E-state index in [1.165, 1.54) is 38.5 Å². The molecule has 4 aliphatic rings. The quantitative estimate of drug-likeness (QED) is 0.415. The van der Waals surface area contributed by atoms with Gasteiger partial charge in [-0.3, -0.25) is 0 Å². The molecule has 33 heavy (non-hydrogen) atoms. The van der Waals surface area contributed by atoms with Crippen molar-refractivity contribution in [2.45, 2.75) is 139 Å². The Bertz CT molecular complexity index is 789. The van der Waals surface area contributed by atoms with E-state index in [0.29, 0.717) is 35.0 Å². The van der Waals surface area contributed by atoms with Gasteiger partial charge < -0.3 is 5.11 Å². The Morgan fingerprint density at radius 2 is 1.58 bits per heavy atom. The van der Waals surface area contributed by atoms with E-state index in [4.69, 9.17) is 0 Å². The molecule has 4 rings (SSSR count). The van der Waals surface area contributed by atoms with Crippen LogP contribution in [0.2, 0.25) is 0 Å². The number of rotatable bonds is 4. The fourth-order valence-corrected chi connectivity index (χ4v) is 9.67. The Balaban J connectivity index is 1.60. The Morgan fingerprint density at radius 1 is 0.909 bits per heavy atom. The van der Waals surface area contributed by atoms with Gasteiger partial charge in [0.05, 0.1) is 6.10 Å². The zero-order valence-corrected chi connectivity index (χ0v) is 23.3. The van der Waals surface area contributed by atoms with Crippen LogP contribution in [0.1, 0.15) is 127 Å². The number of allylic oxidation sites excluding steroid dienone is 2. The van der Waals surface area contributed by atoms with Crippen LogP contribution >= 0.6 is 0 Å². The molecular weight excluding hydrogens is 407 g/mol. The first-order chi connectivity index (χ1) is 15.1. The predicted molar refractivity (Wildman–Crippen MR) is 138 cm³/mol. The number of fused-ring (bicyclic) bond motifs is 4. The summed E-state index contributed by atoms with van der Waals surface area (Å²) < 4.78 is 14.7. The summed E-state index contributed by atoms with van der Waals surface area (Å²) >= 11 is 0. The third-order valence-corrected chi connectivity index (χ3v) is 12.3. The summed E-state index contributed by atoms with van der Waals surface area (Å²) in [5.41, 5.74) is 4.28. The maximum atomic E-state index is 14.7. The average molecular weight is 461 g/mol. The van der Waals surface area contributed by atoms with Gasteiger partial charge in [-0.1, -0.05) is 73.5 Å². The van der Waals surface area contributed by atoms with E-state index in [1.54, 1.807) is 5.57 Å². The van der Waals surface area contributed by atoms with Gasteiger partial charge in [0.2, 0.25) is 0 Å². The van der Waals surface area contributed by atoms with E-state index in [9.17, 15) is 9.50 Å². The van der Waals surface area contributed by atoms with Crippen LogP contribution in [0.25, 0.3) is 0 Å². The molecule has 0 amide bonds. The van der Waals surface area contributed by atoms with Gasteiger partial charge in [0.25, 0.3) is 0 Å². The lowest BCUT2D eigenvalue weighted by Gasteiger charge is -2.62. The lowest BCUT2D eigenvalue weighted by atomic mass is 9.43. The second kappa shape index (κ2) is 8.07. The molecule has 4 aliphatic carbocycles. The van der Waals surface area contributed by atoms with E-state index in [0.717, 1.165) is 19.3 Å². The van der Waals surface area contributed by atoms with Crippen molar-refractivity contribution >= 4 is 0 Å². The highest BCUT2D eigenvalue weighted by Gasteiger charge is 2.63. The van der Waals surface area contributed by atoms with Crippen LogP contribution in [-0.4, -0.2) is 17.4 Å². The molecule has 0 saturated heterocycles. The second-order valence-corrected chi connectivity index (χ2v) is 15.1. The van der Waals surface area contributed by atoms with Crippen molar-refractivity contribution in [1.82, 2.24) is 0 Å². The highest BCUT2D eigenvalue weighted by Crippen LogP contribution is 2.72. The fourth-order valence-electron chi connectivity index (χ4n) is 9.67. The molecule has 2 fully saturated rings. The number of hydrogen-bond acceptors (Lipinski definition) is 1. The maximum absolute atomic E-state index is 14.7. The maximum Gasteiger partial charge on any atom is 0.105 e. The first kappa shape index (κ1) is 25.7. The Morgan fingerprint density at radius 3 is 2.21 bits per heavy atom. The first-order valence-electron chi connectivity index (χ1n) is 14.1. The third kappa shape index (κ3) is 3.70. The van der Waals surface area contributed by atoms with Crippen molar-refractivity contribution in [3.63, 3.8) is 0 Å². The van der Waals surface area contributed by atoms with Gasteiger partial charge in [0, 0.05) is 0 Å². The molecule has 0 bridgehead atoms. The van der Waals surface area contributed by atoms with Crippen LogP contribution in [-0.2, 0) is 0 Å². The highest BCUT2D eigenvalue weighted by atomic mass is 19.1. The van der Waals surface area contributed by atoms with Gasteiger partial charge in [0.15, 0.2) is 0 Å². The van der Waals surface area contributed by atoms with Crippen LogP contribution in [0.4, 0.5) is 4.39 Å². The SMILES string of the molecule is C[C@H](CCC(F)C(C)(C)C)[C@H]1CC[C@@]2(C)C3=C(CC[C@]12C)[C@@]1(C)CC[C@H](O)C(C)(C)[C@@H]1CC3. The van der Waals surface area contributed by atoms with Crippen LogP contribution in [0.5, 0.6) is 0 Å². The van der Waals surface area contributed by atoms with Gasteiger partial charge >= 0.3 is 0 Å². The molecule has 0 aromatic heterocycles. The second-order valence-electron chi connectivity index (χ2n) is 15.1. The normalized spacial score (nSPS) is 44.6. The number of alkyl halides is 1. The zero-order chi connectivity index (χ0) is 24.6. The van der Waals surface area contributed by atoms with E-state index in [1.807, 2.05) is 26.3 Å². The first-order valence-corrected chi connectivity index (χ1v) is 14.1. The predicted octanol–water partition coefficient (Wildman–Crippen LogP) is 8.90. The topological polar surface area (TPSA) is 20.2 Å². The fraction of sp³-hybridized carbons (Fsp3) is 0.935. The summed E-state index contributed by atoms with van der Waals surface area (Å²) in [6, 6.07) is 0. The molecule has 0 aromatic carbocycles. The lowest BCUT2D eigenvalue weighted by Crippen LogP contribution is -2.55. The van der Waals surface area contributed by atoms with Crippen LogP contribution in [0, 0.1) is 44.8 Å². The largest absolute Gasteiger partial charge is 0.393 e. The standard InChI is InChI=1S/C31H53FO/c1-20(10-13-25(32)27(2,3)4)21-14-18-31(9)23-11-12-24-28(5,6)26(33)16-17-29(24,7)22(23)15-19-30(21,31)8/h20-21,24-26,33H,10-19H2,1-9H3/t20-,21-,24+,25?,26+,29-,30-,31+/m1/s1. The van der Waals surface area contributed by atoms with Gasteiger partial charge in [-0.05, 0) is 109 Å². The number of hydrogen-bond donors (Lipinski definition) is 1. The molecule has 1 nitrogen and oxygen atoms in total. The molecule has 8 atom stereocenters. The highest BCUT2D eigenvalue weighted by molar-refractivity contribution is 5.38. The van der Waals surface area contributed by atoms with Crippen molar-refractivity contribution in [3.05, 3.63) is 11.1 Å². The minimum atomic E-state index is -0.707. The van der Waals surface area contributed by atoms with Crippen molar-refractivity contribution in [2.75, 3.05) is 0 Å². The molecule has 2 saturated carbocycles. The Kier molecular flexibility index (Phi) is 6.29. The molecule has 2 heteroatoms. The molecule has 190 valence electrons. The summed E-state index contributed by atoms with van der Waals surface area (Å²) in [6.45, 7) is 20.9. The molecule has 1 N–H and O–H groups in total. The summed E-state index contributed by atoms with van der Waals surface area (Å²) in [4.78, 5) is 0. The molecule has 1 unspecified atom stereocenters. The van der Waals surface area contributed by atoms with E-state index >= 15 is 0 Å². The molecule has 0 radical (unpaired) electrons. The smallest absolute Gasteiger partial charge is 0.105 e. The summed E-state index contributed by atoms with van der Waals surface area (Å²) in [7, 11) is 0. The van der Waals surface area contributed by atoms with E-state index in [2.05, 4.69) is 41.5 Å². The van der Waals surface area contributed by atoms with Gasteiger partial charge in [-0.15, -0.1) is 0 Å². The van der Waals surface area contributed by atoms with Crippen molar-refractivity contribution in [2.24, 2.45) is 44.8 Å². The minimum Gasteiger partial charge on any atom is -0.393 e. The third-order valence-electron chi connectivity index (χ3n) is 12.3. The molecule has 0 aromatic rings. The zero-order valence-electron chi connectivity index (χ0n) is 23.3. The van der Waals surface area contributed by atoms with Gasteiger partial charge in [0.1, 0.15) is 6.17 Å². The number of halogens is 1. The van der Waals surface area contributed by atoms with Crippen molar-refractivity contribution < 1.29 is 9.50 Å². The van der Waals surface area contributed by atoms with Crippen LogP contribution in [0.3, 0.4) is 0 Å². The van der Waals surface area contributed by atoms with Crippen LogP contribution in [0.15, 0.2) is 11.1 Å². The van der Waals surface area contributed by atoms with E-state index in [-0.39, 0.29) is 22.3 Å². The van der Waals surface area contributed by atoms with E-state index < -0.39 is 6.17 Å². The number of aliphatic hydroxyl groups excluding tert-OH is 1. The summed E-state index contributed by atoms with van der Waals surface area (Å²) in [5, 5.41) is 10.8. The van der Waals surface area contributed by atoms with Gasteiger partial charge in [-0.2, -0.15) is 0 Å². The summed E-state index contributed by atoms with van der Waals surface area (Å²) in [6.07, 6.45) is 10.6.